The molecule has 0 atom stereocenters. The number of nitrogens with zero attached hydrogens (tertiary/aromatic N) is 1. The van der Waals surface area contributed by atoms with E-state index in [0.717, 1.165) is 30.3 Å². The number of aromatic carboxylic acids is 1. The van der Waals surface area contributed by atoms with Gasteiger partial charge in [0.2, 0.25) is 0 Å². The summed E-state index contributed by atoms with van der Waals surface area (Å²) in [6.45, 7) is 0. The highest BCUT2D eigenvalue weighted by molar-refractivity contribution is 7.83. The first kappa shape index (κ1) is 24.1. The molecular formula is C14H10ClF3N2O8S. The van der Waals surface area contributed by atoms with E-state index in [1.165, 1.54) is 0 Å². The van der Waals surface area contributed by atoms with Crippen molar-refractivity contribution >= 4 is 33.6 Å². The van der Waals surface area contributed by atoms with E-state index in [9.17, 15) is 28.1 Å². The lowest BCUT2D eigenvalue weighted by molar-refractivity contribution is -0.385. The molecule has 10 nitrogen and oxygen atoms in total. The van der Waals surface area contributed by atoms with Crippen LogP contribution in [0.1, 0.15) is 15.9 Å². The molecule has 15 heteroatoms. The van der Waals surface area contributed by atoms with Crippen molar-refractivity contribution in [1.82, 2.24) is 0 Å². The van der Waals surface area contributed by atoms with Crippen LogP contribution >= 0.6 is 11.6 Å². The third kappa shape index (κ3) is 7.90. The maximum absolute atomic E-state index is 12.6. The Labute approximate surface area is 165 Å². The number of halogens is 4. The Morgan fingerprint density at radius 1 is 1.21 bits per heavy atom. The first-order valence-corrected chi connectivity index (χ1v) is 8.79. The van der Waals surface area contributed by atoms with Gasteiger partial charge in [0, 0.05) is 12.1 Å². The van der Waals surface area contributed by atoms with Crippen molar-refractivity contribution in [2.24, 2.45) is 5.14 Å². The quantitative estimate of drug-likeness (QED) is 0.355. The van der Waals surface area contributed by atoms with Crippen LogP contribution < -0.4 is 9.88 Å². The van der Waals surface area contributed by atoms with E-state index >= 15 is 0 Å². The molecule has 0 aromatic heterocycles. The molecule has 2 aromatic rings. The molecule has 2 aromatic carbocycles. The SMILES string of the molecule is NS(=O)(=O)O.O=C(O)c1cc(Oc2ccc(C(F)(F)F)cc2Cl)ccc1[N+](=O)[O-]. The van der Waals surface area contributed by atoms with E-state index in [-0.39, 0.29) is 16.5 Å². The normalized spacial score (nSPS) is 11.2. The fourth-order valence-electron chi connectivity index (χ4n) is 1.80. The number of nitrogens with two attached hydrogens (primary N) is 1. The predicted molar refractivity (Wildman–Crippen MR) is 92.3 cm³/mol. The first-order valence-electron chi connectivity index (χ1n) is 6.91. The second kappa shape index (κ2) is 9.04. The van der Waals surface area contributed by atoms with E-state index in [1.54, 1.807) is 0 Å². The minimum Gasteiger partial charge on any atom is -0.477 e. The van der Waals surface area contributed by atoms with Crippen LogP contribution in [-0.4, -0.2) is 29.0 Å². The van der Waals surface area contributed by atoms with Crippen LogP contribution in [0.15, 0.2) is 36.4 Å². The Kier molecular flexibility index (Phi) is 7.51. The molecule has 0 aliphatic heterocycles. The fraction of sp³-hybridized carbons (Fsp3) is 0.0714. The standard InChI is InChI=1S/C14H7ClF3NO5.H3NO3S/c15-10-5-7(14(16,17)18)1-4-12(10)24-8-2-3-11(19(22)23)9(6-8)13(20)21;1-5(2,3)4/h1-6H,(H,20,21);(H3,1,2,3,4). The van der Waals surface area contributed by atoms with Gasteiger partial charge in [-0.3, -0.25) is 14.7 Å². The third-order valence-electron chi connectivity index (χ3n) is 2.88. The average Bonchev–Trinajstić information content (AvgIpc) is 2.53. The Morgan fingerprint density at radius 3 is 2.17 bits per heavy atom. The number of carboxylic acids is 1. The molecule has 0 amide bonds. The molecule has 0 heterocycles. The zero-order chi connectivity index (χ0) is 22.6. The molecule has 0 radical (unpaired) electrons. The van der Waals surface area contributed by atoms with Gasteiger partial charge in [-0.25, -0.2) is 9.93 Å². The molecule has 0 aliphatic carbocycles. The van der Waals surface area contributed by atoms with Crippen molar-refractivity contribution < 1.29 is 45.7 Å². The van der Waals surface area contributed by atoms with Crippen molar-refractivity contribution in [2.75, 3.05) is 0 Å². The largest absolute Gasteiger partial charge is 0.477 e. The van der Waals surface area contributed by atoms with Gasteiger partial charge in [0.05, 0.1) is 15.5 Å². The first-order chi connectivity index (χ1) is 13.1. The Bertz CT molecular complexity index is 1040. The number of carbonyl (C=O) groups is 1. The smallest absolute Gasteiger partial charge is 0.416 e. The number of carboxylic acid groups (broad SMARTS) is 1. The minimum absolute atomic E-state index is 0.125. The topological polar surface area (TPSA) is 170 Å². The van der Waals surface area contributed by atoms with Crippen molar-refractivity contribution in [1.29, 1.82) is 0 Å². The van der Waals surface area contributed by atoms with Crippen LogP contribution in [0.3, 0.4) is 0 Å². The summed E-state index contributed by atoms with van der Waals surface area (Å²) in [6.07, 6.45) is -4.58. The van der Waals surface area contributed by atoms with Gasteiger partial charge in [-0.05, 0) is 24.3 Å². The second-order valence-corrected chi connectivity index (χ2v) is 6.44. The van der Waals surface area contributed by atoms with Crippen LogP contribution in [-0.2, 0) is 16.5 Å². The molecule has 0 unspecified atom stereocenters. The molecule has 0 aliphatic rings. The minimum atomic E-state index is -4.58. The van der Waals surface area contributed by atoms with Gasteiger partial charge in [-0.15, -0.1) is 0 Å². The molecule has 2 rings (SSSR count). The van der Waals surface area contributed by atoms with E-state index < -0.39 is 44.2 Å². The highest BCUT2D eigenvalue weighted by Crippen LogP contribution is 2.37. The molecule has 0 saturated carbocycles. The van der Waals surface area contributed by atoms with Crippen molar-refractivity contribution in [3.63, 3.8) is 0 Å². The summed E-state index contributed by atoms with van der Waals surface area (Å²) in [5.74, 6) is -1.83. The van der Waals surface area contributed by atoms with Crippen molar-refractivity contribution in [3.8, 4) is 11.5 Å². The maximum Gasteiger partial charge on any atom is 0.416 e. The molecule has 0 saturated heterocycles. The van der Waals surface area contributed by atoms with Gasteiger partial charge >= 0.3 is 22.4 Å². The third-order valence-corrected chi connectivity index (χ3v) is 3.18. The van der Waals surface area contributed by atoms with Gasteiger partial charge in [0.15, 0.2) is 0 Å². The summed E-state index contributed by atoms with van der Waals surface area (Å²) in [7, 11) is -4.17. The van der Waals surface area contributed by atoms with Crippen LogP contribution in [0.4, 0.5) is 18.9 Å². The molecular weight excluding hydrogens is 449 g/mol. The van der Waals surface area contributed by atoms with Crippen molar-refractivity contribution in [3.05, 3.63) is 62.7 Å². The van der Waals surface area contributed by atoms with E-state index in [1.807, 2.05) is 0 Å². The highest BCUT2D eigenvalue weighted by atomic mass is 35.5. The lowest BCUT2D eigenvalue weighted by Crippen LogP contribution is -2.08. The lowest BCUT2D eigenvalue weighted by atomic mass is 10.1. The molecule has 29 heavy (non-hydrogen) atoms. The van der Waals surface area contributed by atoms with Gasteiger partial charge < -0.3 is 9.84 Å². The molecule has 0 fully saturated rings. The van der Waals surface area contributed by atoms with Gasteiger partial charge in [-0.1, -0.05) is 11.6 Å². The number of hydrogen-bond acceptors (Lipinski definition) is 6. The second-order valence-electron chi connectivity index (χ2n) is 5.00. The fourth-order valence-corrected chi connectivity index (χ4v) is 2.02. The Morgan fingerprint density at radius 2 is 1.76 bits per heavy atom. The summed E-state index contributed by atoms with van der Waals surface area (Å²) in [4.78, 5) is 20.9. The zero-order valence-electron chi connectivity index (χ0n) is 13.8. The molecule has 158 valence electrons. The molecule has 0 spiro atoms. The Balaban J connectivity index is 0.000000749. The van der Waals surface area contributed by atoms with Gasteiger partial charge in [0.1, 0.15) is 17.1 Å². The van der Waals surface area contributed by atoms with Crippen molar-refractivity contribution in [2.45, 2.75) is 6.18 Å². The summed E-state index contributed by atoms with van der Waals surface area (Å²) < 4.78 is 68.1. The summed E-state index contributed by atoms with van der Waals surface area (Å²) in [6, 6.07) is 5.27. The van der Waals surface area contributed by atoms with Crippen LogP contribution in [0.5, 0.6) is 11.5 Å². The summed E-state index contributed by atoms with van der Waals surface area (Å²) >= 11 is 5.72. The van der Waals surface area contributed by atoms with Crippen LogP contribution in [0.25, 0.3) is 0 Å². The highest BCUT2D eigenvalue weighted by Gasteiger charge is 2.31. The van der Waals surface area contributed by atoms with Gasteiger partial charge in [0.25, 0.3) is 5.69 Å². The monoisotopic (exact) mass is 458 g/mol. The van der Waals surface area contributed by atoms with Crippen LogP contribution in [0, 0.1) is 10.1 Å². The van der Waals surface area contributed by atoms with E-state index in [4.69, 9.17) is 34.4 Å². The molecule has 0 bridgehead atoms. The number of rotatable bonds is 4. The summed E-state index contributed by atoms with van der Waals surface area (Å²) in [5.41, 5.74) is -2.25. The molecule has 4 N–H and O–H groups in total. The van der Waals surface area contributed by atoms with E-state index in [2.05, 4.69) is 5.14 Å². The number of ether oxygens (including phenoxy) is 1. The number of hydrogen-bond donors (Lipinski definition) is 3. The van der Waals surface area contributed by atoms with E-state index in [0.29, 0.717) is 6.07 Å². The summed E-state index contributed by atoms with van der Waals surface area (Å²) in [5, 5.41) is 23.3. The number of nitro benzene ring substituents is 1. The number of nitro groups is 1. The predicted octanol–water partition coefficient (Wildman–Crippen LogP) is 3.51. The van der Waals surface area contributed by atoms with Crippen LogP contribution in [0.2, 0.25) is 5.02 Å². The zero-order valence-corrected chi connectivity index (χ0v) is 15.3. The number of alkyl halides is 3. The van der Waals surface area contributed by atoms with Gasteiger partial charge in [-0.2, -0.15) is 21.6 Å². The Hall–Kier alpha value is -2.94. The lowest BCUT2D eigenvalue weighted by Gasteiger charge is -2.11. The average molecular weight is 459 g/mol. The number of benzene rings is 2. The maximum atomic E-state index is 12.6.